The second-order valence-corrected chi connectivity index (χ2v) is 11.7. The van der Waals surface area contributed by atoms with Gasteiger partial charge >= 0.3 is 0 Å². The van der Waals surface area contributed by atoms with Crippen LogP contribution < -0.4 is 26.8 Å². The van der Waals surface area contributed by atoms with Gasteiger partial charge in [0.05, 0.1) is 17.7 Å². The summed E-state index contributed by atoms with van der Waals surface area (Å²) in [5.74, 6) is -2.08. The van der Waals surface area contributed by atoms with E-state index in [4.69, 9.17) is 0 Å². The fourth-order valence-corrected chi connectivity index (χ4v) is 4.84. The zero-order valence-electron chi connectivity index (χ0n) is 26.8. The van der Waals surface area contributed by atoms with E-state index in [1.54, 1.807) is 13.8 Å². The molecule has 0 fully saturated rings. The number of hydrogen-bond donors (Lipinski definition) is 6. The van der Waals surface area contributed by atoms with Crippen molar-refractivity contribution < 1.29 is 24.6 Å². The maximum absolute atomic E-state index is 12.8. The van der Waals surface area contributed by atoms with Crippen molar-refractivity contribution in [2.24, 2.45) is 0 Å². The third-order valence-electron chi connectivity index (χ3n) is 7.70. The molecule has 11 nitrogen and oxygen atoms in total. The van der Waals surface area contributed by atoms with Crippen LogP contribution in [0, 0.1) is 13.8 Å². The summed E-state index contributed by atoms with van der Waals surface area (Å²) in [7, 11) is 0. The number of amides is 3. The van der Waals surface area contributed by atoms with Crippen LogP contribution in [0.2, 0.25) is 0 Å². The van der Waals surface area contributed by atoms with Crippen LogP contribution in [0.25, 0.3) is 0 Å². The maximum atomic E-state index is 12.8. The monoisotopic (exact) mass is 619 g/mol. The van der Waals surface area contributed by atoms with E-state index < -0.39 is 22.8 Å². The van der Waals surface area contributed by atoms with Crippen molar-refractivity contribution in [1.82, 2.24) is 25.8 Å². The lowest BCUT2D eigenvalue weighted by molar-refractivity contribution is 0.0937. The van der Waals surface area contributed by atoms with E-state index in [0.29, 0.717) is 37.3 Å². The number of carbonyl (C=O) groups is 3. The average Bonchev–Trinajstić information content (AvgIpc) is 3.01. The van der Waals surface area contributed by atoms with Crippen LogP contribution in [0.4, 0.5) is 0 Å². The first-order valence-electron chi connectivity index (χ1n) is 15.3. The minimum Gasteiger partial charge on any atom is -0.507 e. The van der Waals surface area contributed by atoms with Crippen LogP contribution in [-0.4, -0.2) is 64.2 Å². The summed E-state index contributed by atoms with van der Waals surface area (Å²) in [6, 6.07) is 13.9. The van der Waals surface area contributed by atoms with Gasteiger partial charge in [-0.25, -0.2) is 0 Å². The summed E-state index contributed by atoms with van der Waals surface area (Å²) < 4.78 is 1.43. The predicted molar refractivity (Wildman–Crippen MR) is 174 cm³/mol. The second-order valence-electron chi connectivity index (χ2n) is 11.7. The van der Waals surface area contributed by atoms with Crippen LogP contribution in [0.15, 0.2) is 53.3 Å². The van der Waals surface area contributed by atoms with Crippen molar-refractivity contribution in [3.8, 4) is 11.5 Å². The van der Waals surface area contributed by atoms with Gasteiger partial charge in [-0.2, -0.15) is 0 Å². The Bertz CT molecular complexity index is 1570. The third kappa shape index (κ3) is 9.42. The molecule has 0 spiro atoms. The van der Waals surface area contributed by atoms with Crippen molar-refractivity contribution in [2.45, 2.75) is 66.0 Å². The zero-order chi connectivity index (χ0) is 33.1. The molecule has 45 heavy (non-hydrogen) atoms. The molecule has 6 N–H and O–H groups in total. The van der Waals surface area contributed by atoms with Crippen molar-refractivity contribution in [1.29, 1.82) is 0 Å². The van der Waals surface area contributed by atoms with Crippen LogP contribution in [-0.2, 0) is 6.54 Å². The zero-order valence-corrected chi connectivity index (χ0v) is 26.8. The number of benzene rings is 2. The Morgan fingerprint density at radius 2 is 1.38 bits per heavy atom. The maximum Gasteiger partial charge on any atom is 0.294 e. The van der Waals surface area contributed by atoms with Gasteiger partial charge in [-0.05, 0) is 64.3 Å². The number of nitrogens with zero attached hydrogens (tertiary/aromatic N) is 1. The van der Waals surface area contributed by atoms with Gasteiger partial charge in [-0.1, -0.05) is 43.7 Å². The summed E-state index contributed by atoms with van der Waals surface area (Å²) in [5, 5.41) is 32.7. The first-order chi connectivity index (χ1) is 21.4. The van der Waals surface area contributed by atoms with Gasteiger partial charge in [0.2, 0.25) is 0 Å². The van der Waals surface area contributed by atoms with Crippen LogP contribution in [0.1, 0.15) is 87.9 Å². The van der Waals surface area contributed by atoms with E-state index in [-0.39, 0.29) is 47.3 Å². The molecular weight excluding hydrogens is 574 g/mol. The Labute approximate surface area is 264 Å². The molecule has 0 radical (unpaired) electrons. The number of phenols is 1. The Hall–Kier alpha value is -4.64. The molecule has 3 rings (SSSR count). The van der Waals surface area contributed by atoms with Crippen molar-refractivity contribution in [3.05, 3.63) is 92.4 Å². The topological polar surface area (TPSA) is 162 Å². The van der Waals surface area contributed by atoms with Crippen LogP contribution in [0.3, 0.4) is 0 Å². The lowest BCUT2D eigenvalue weighted by Gasteiger charge is -2.26. The Morgan fingerprint density at radius 3 is 2.07 bits per heavy atom. The van der Waals surface area contributed by atoms with Gasteiger partial charge in [0, 0.05) is 48.5 Å². The SMILES string of the molecule is CCCCNC(=O)c1ccc(C(=O)NCCNC(C)(C)CCNC(=O)c2cc(C)n(Cc3ccccc3)c(=O)c2O)c(C)c1O. The van der Waals surface area contributed by atoms with Crippen LogP contribution >= 0.6 is 0 Å². The fraction of sp³-hybridized carbons (Fsp3) is 0.412. The second kappa shape index (κ2) is 15.9. The normalized spacial score (nSPS) is 11.2. The number of nitrogens with one attached hydrogen (secondary N) is 4. The molecule has 1 heterocycles. The smallest absolute Gasteiger partial charge is 0.294 e. The quantitative estimate of drug-likeness (QED) is 0.142. The fourth-order valence-electron chi connectivity index (χ4n) is 4.84. The molecular formula is C34H45N5O6. The molecule has 0 unspecified atom stereocenters. The first-order valence-corrected chi connectivity index (χ1v) is 15.3. The highest BCUT2D eigenvalue weighted by atomic mass is 16.3. The number of phenolic OH excluding ortho intramolecular Hbond substituents is 1. The summed E-state index contributed by atoms with van der Waals surface area (Å²) in [6.07, 6.45) is 2.31. The molecule has 0 aliphatic heterocycles. The minimum atomic E-state index is -0.623. The van der Waals surface area contributed by atoms with E-state index in [1.807, 2.05) is 51.1 Å². The number of carbonyl (C=O) groups excluding carboxylic acids is 3. The van der Waals surface area contributed by atoms with E-state index in [2.05, 4.69) is 21.3 Å². The molecule has 0 saturated heterocycles. The van der Waals surface area contributed by atoms with E-state index in [1.165, 1.54) is 22.8 Å². The number of aromatic nitrogens is 1. The third-order valence-corrected chi connectivity index (χ3v) is 7.70. The lowest BCUT2D eigenvalue weighted by atomic mass is 10.0. The molecule has 0 bridgehead atoms. The molecule has 0 aliphatic rings. The predicted octanol–water partition coefficient (Wildman–Crippen LogP) is 3.37. The minimum absolute atomic E-state index is 0.0678. The van der Waals surface area contributed by atoms with Gasteiger partial charge in [-0.15, -0.1) is 0 Å². The largest absolute Gasteiger partial charge is 0.507 e. The summed E-state index contributed by atoms with van der Waals surface area (Å²) in [5.41, 5.74) is 1.11. The number of hydrogen-bond acceptors (Lipinski definition) is 7. The Morgan fingerprint density at radius 1 is 0.778 bits per heavy atom. The van der Waals surface area contributed by atoms with Gasteiger partial charge in [-0.3, -0.25) is 19.2 Å². The molecule has 2 aromatic carbocycles. The van der Waals surface area contributed by atoms with Gasteiger partial charge in [0.1, 0.15) is 5.75 Å². The van der Waals surface area contributed by atoms with Crippen molar-refractivity contribution >= 4 is 17.7 Å². The van der Waals surface area contributed by atoms with E-state index >= 15 is 0 Å². The van der Waals surface area contributed by atoms with Crippen molar-refractivity contribution in [3.63, 3.8) is 0 Å². The number of unbranched alkanes of at least 4 members (excludes halogenated alkanes) is 1. The molecule has 11 heteroatoms. The molecule has 3 amide bonds. The highest BCUT2D eigenvalue weighted by molar-refractivity contribution is 6.01. The van der Waals surface area contributed by atoms with Gasteiger partial charge < -0.3 is 36.0 Å². The number of pyridine rings is 1. The molecule has 0 saturated carbocycles. The lowest BCUT2D eigenvalue weighted by Crippen LogP contribution is -2.45. The Kier molecular flexibility index (Phi) is 12.3. The summed E-state index contributed by atoms with van der Waals surface area (Å²) >= 11 is 0. The number of aryl methyl sites for hydroxylation is 1. The van der Waals surface area contributed by atoms with Gasteiger partial charge in [0.15, 0.2) is 5.75 Å². The summed E-state index contributed by atoms with van der Waals surface area (Å²) in [6.45, 7) is 11.1. The highest BCUT2D eigenvalue weighted by Gasteiger charge is 2.22. The van der Waals surface area contributed by atoms with Gasteiger partial charge in [0.25, 0.3) is 23.3 Å². The highest BCUT2D eigenvalue weighted by Crippen LogP contribution is 2.25. The summed E-state index contributed by atoms with van der Waals surface area (Å²) in [4.78, 5) is 50.8. The average molecular weight is 620 g/mol. The molecule has 0 aliphatic carbocycles. The van der Waals surface area contributed by atoms with E-state index in [9.17, 15) is 29.4 Å². The number of aromatic hydroxyl groups is 2. The molecule has 1 aromatic heterocycles. The standard InChI is InChI=1S/C34H45N5O6/c1-6-7-16-35-31(43)26-14-13-25(23(3)28(26)40)30(42)37-18-19-38-34(4,5)15-17-36-32(44)27-20-22(2)39(33(45)29(27)41)21-24-11-9-8-10-12-24/h8-14,20,38,40-41H,6-7,15-19,21H2,1-5H3,(H,35,43)(H,36,44)(H,37,42). The van der Waals surface area contributed by atoms with Crippen LogP contribution in [0.5, 0.6) is 11.5 Å². The Balaban J connectivity index is 1.47. The first kappa shape index (κ1) is 34.8. The van der Waals surface area contributed by atoms with E-state index in [0.717, 1.165) is 18.4 Å². The molecule has 242 valence electrons. The molecule has 0 atom stereocenters. The van der Waals surface area contributed by atoms with Crippen molar-refractivity contribution in [2.75, 3.05) is 26.2 Å². The molecule has 3 aromatic rings. The number of rotatable bonds is 15.